The Kier molecular flexibility index (Phi) is 6.39. The van der Waals surface area contributed by atoms with Crippen LogP contribution in [0.5, 0.6) is 5.75 Å². The summed E-state index contributed by atoms with van der Waals surface area (Å²) in [5.41, 5.74) is 7.08. The van der Waals surface area contributed by atoms with Crippen LogP contribution in [0.25, 0.3) is 0 Å². The number of ether oxygens (including phenoxy) is 1. The highest BCUT2D eigenvalue weighted by molar-refractivity contribution is 7.89. The van der Waals surface area contributed by atoms with Crippen molar-refractivity contribution in [3.05, 3.63) is 59.7 Å². The van der Waals surface area contributed by atoms with Crippen LogP contribution in [0.1, 0.15) is 30.9 Å². The number of carbonyl (C=O) groups is 1. The Morgan fingerprint density at radius 2 is 1.81 bits per heavy atom. The fourth-order valence-corrected chi connectivity index (χ4v) is 3.97. The lowest BCUT2D eigenvalue weighted by molar-refractivity contribution is -0.119. The van der Waals surface area contributed by atoms with Crippen LogP contribution >= 0.6 is 0 Å². The van der Waals surface area contributed by atoms with Gasteiger partial charge in [0.15, 0.2) is 0 Å². The molecule has 0 fully saturated rings. The van der Waals surface area contributed by atoms with Crippen LogP contribution in [-0.2, 0) is 21.2 Å². The Morgan fingerprint density at radius 1 is 1.15 bits per heavy atom. The first-order valence-corrected chi connectivity index (χ1v) is 9.76. The smallest absolute Gasteiger partial charge is 0.245 e. The average molecular weight is 376 g/mol. The van der Waals surface area contributed by atoms with Gasteiger partial charge >= 0.3 is 0 Å². The lowest BCUT2D eigenvalue weighted by Crippen LogP contribution is -2.45. The second kappa shape index (κ2) is 8.33. The van der Waals surface area contributed by atoms with E-state index in [0.29, 0.717) is 0 Å². The first kappa shape index (κ1) is 19.9. The summed E-state index contributed by atoms with van der Waals surface area (Å²) in [6, 6.07) is 13.0. The van der Waals surface area contributed by atoms with Crippen LogP contribution in [0.2, 0.25) is 0 Å². The van der Waals surface area contributed by atoms with Crippen LogP contribution in [0.4, 0.5) is 0 Å². The number of amides is 1. The van der Waals surface area contributed by atoms with Crippen LogP contribution < -0.4 is 15.2 Å². The maximum Gasteiger partial charge on any atom is 0.245 e. The molecule has 3 N–H and O–H groups in total. The summed E-state index contributed by atoms with van der Waals surface area (Å²) in [6.45, 7) is 3.93. The maximum absolute atomic E-state index is 12.9. The Labute approximate surface area is 154 Å². The number of hydrogen-bond acceptors (Lipinski definition) is 4. The van der Waals surface area contributed by atoms with E-state index >= 15 is 0 Å². The van der Waals surface area contributed by atoms with E-state index in [9.17, 15) is 13.2 Å². The second-order valence-electron chi connectivity index (χ2n) is 6.33. The first-order valence-electron chi connectivity index (χ1n) is 8.28. The minimum Gasteiger partial charge on any atom is -0.495 e. The summed E-state index contributed by atoms with van der Waals surface area (Å²) in [5, 5.41) is 0. The number of rotatable bonds is 8. The number of nitrogens with two attached hydrogens (primary N) is 1. The topological polar surface area (TPSA) is 98.5 Å². The molecule has 0 aliphatic heterocycles. The highest BCUT2D eigenvalue weighted by Crippen LogP contribution is 2.28. The van der Waals surface area contributed by atoms with Gasteiger partial charge in [0, 0.05) is 0 Å². The summed E-state index contributed by atoms with van der Waals surface area (Å²) in [7, 11) is -2.60. The molecule has 1 amide bonds. The van der Waals surface area contributed by atoms with Crippen molar-refractivity contribution in [1.29, 1.82) is 0 Å². The van der Waals surface area contributed by atoms with E-state index in [4.69, 9.17) is 10.5 Å². The standard InChI is InChI=1S/C19H24N2O4S/c1-13(2)15-9-10-17(25-3)18(12-15)26(23,24)21-16(19(20)22)11-14-7-5-4-6-8-14/h4-10,12-13,16,21H,11H2,1-3H3,(H2,20,22). The van der Waals surface area contributed by atoms with Gasteiger partial charge in [-0.25, -0.2) is 8.42 Å². The number of benzene rings is 2. The number of primary amides is 1. The first-order chi connectivity index (χ1) is 12.2. The molecular weight excluding hydrogens is 352 g/mol. The van der Waals surface area contributed by atoms with Crippen molar-refractivity contribution < 1.29 is 17.9 Å². The molecule has 140 valence electrons. The van der Waals surface area contributed by atoms with E-state index < -0.39 is 22.0 Å². The molecule has 0 saturated heterocycles. The third kappa shape index (κ3) is 4.83. The van der Waals surface area contributed by atoms with E-state index in [1.807, 2.05) is 50.2 Å². The molecule has 1 unspecified atom stereocenters. The molecule has 0 bridgehead atoms. The normalized spacial score (nSPS) is 12.8. The molecule has 2 aromatic carbocycles. The van der Waals surface area contributed by atoms with E-state index in [1.54, 1.807) is 12.1 Å². The van der Waals surface area contributed by atoms with Gasteiger partial charge in [-0.15, -0.1) is 0 Å². The minimum atomic E-state index is -4.00. The molecule has 26 heavy (non-hydrogen) atoms. The fourth-order valence-electron chi connectivity index (χ4n) is 2.56. The SMILES string of the molecule is COc1ccc(C(C)C)cc1S(=O)(=O)NC(Cc1ccccc1)C(N)=O. The minimum absolute atomic E-state index is 0.00879. The number of hydrogen-bond donors (Lipinski definition) is 2. The monoisotopic (exact) mass is 376 g/mol. The number of carbonyl (C=O) groups excluding carboxylic acids is 1. The lowest BCUT2D eigenvalue weighted by atomic mass is 10.0. The van der Waals surface area contributed by atoms with Crippen molar-refractivity contribution in [1.82, 2.24) is 4.72 Å². The molecule has 1 atom stereocenters. The van der Waals surface area contributed by atoms with Gasteiger partial charge in [0.2, 0.25) is 15.9 Å². The van der Waals surface area contributed by atoms with E-state index in [-0.39, 0.29) is 23.0 Å². The Bertz CT molecular complexity index is 864. The molecule has 0 saturated carbocycles. The largest absolute Gasteiger partial charge is 0.495 e. The summed E-state index contributed by atoms with van der Waals surface area (Å²) >= 11 is 0. The lowest BCUT2D eigenvalue weighted by Gasteiger charge is -2.18. The number of nitrogens with one attached hydrogen (secondary N) is 1. The van der Waals surface area contributed by atoms with Crippen molar-refractivity contribution in [2.45, 2.75) is 37.1 Å². The molecule has 6 nitrogen and oxygen atoms in total. The van der Waals surface area contributed by atoms with Crippen LogP contribution in [-0.4, -0.2) is 27.5 Å². The number of sulfonamides is 1. The Hall–Kier alpha value is -2.38. The highest BCUT2D eigenvalue weighted by Gasteiger charge is 2.27. The highest BCUT2D eigenvalue weighted by atomic mass is 32.2. The van der Waals surface area contributed by atoms with Crippen molar-refractivity contribution >= 4 is 15.9 Å². The van der Waals surface area contributed by atoms with E-state index in [0.717, 1.165) is 11.1 Å². The summed E-state index contributed by atoms with van der Waals surface area (Å²) in [4.78, 5) is 11.8. The fraction of sp³-hybridized carbons (Fsp3) is 0.316. The van der Waals surface area contributed by atoms with E-state index in [2.05, 4.69) is 4.72 Å². The molecule has 0 aliphatic rings. The summed E-state index contributed by atoms with van der Waals surface area (Å²) in [5.74, 6) is -0.382. The molecule has 2 rings (SSSR count). The van der Waals surface area contributed by atoms with Gasteiger partial charge in [0.25, 0.3) is 0 Å². The second-order valence-corrected chi connectivity index (χ2v) is 8.01. The predicted octanol–water partition coefficient (Wildman–Crippen LogP) is 2.19. The average Bonchev–Trinajstić information content (AvgIpc) is 2.61. The maximum atomic E-state index is 12.9. The quantitative estimate of drug-likeness (QED) is 0.738. The molecule has 2 aromatic rings. The van der Waals surface area contributed by atoms with Crippen molar-refractivity contribution in [3.8, 4) is 5.75 Å². The summed E-state index contributed by atoms with van der Waals surface area (Å²) < 4.78 is 33.4. The van der Waals surface area contributed by atoms with E-state index in [1.165, 1.54) is 7.11 Å². The predicted molar refractivity (Wildman–Crippen MR) is 101 cm³/mol. The third-order valence-corrected chi connectivity index (χ3v) is 5.56. The zero-order chi connectivity index (χ0) is 19.3. The van der Waals surface area contributed by atoms with Gasteiger partial charge in [0.1, 0.15) is 16.7 Å². The molecule has 0 aliphatic carbocycles. The van der Waals surface area contributed by atoms with Crippen LogP contribution in [0.3, 0.4) is 0 Å². The zero-order valence-corrected chi connectivity index (χ0v) is 15.9. The van der Waals surface area contributed by atoms with Gasteiger partial charge in [-0.05, 0) is 35.6 Å². The van der Waals surface area contributed by atoms with Gasteiger partial charge in [-0.3, -0.25) is 4.79 Å². The summed E-state index contributed by atoms with van der Waals surface area (Å²) in [6.07, 6.45) is 0.168. The van der Waals surface area contributed by atoms with Crippen molar-refractivity contribution in [3.63, 3.8) is 0 Å². The zero-order valence-electron chi connectivity index (χ0n) is 15.1. The van der Waals surface area contributed by atoms with Crippen LogP contribution in [0.15, 0.2) is 53.4 Å². The van der Waals surface area contributed by atoms with Crippen LogP contribution in [0, 0.1) is 0 Å². The van der Waals surface area contributed by atoms with Crippen molar-refractivity contribution in [2.75, 3.05) is 7.11 Å². The molecular formula is C19H24N2O4S. The van der Waals surface area contributed by atoms with Gasteiger partial charge in [-0.1, -0.05) is 50.2 Å². The molecule has 0 heterocycles. The number of methoxy groups -OCH3 is 1. The van der Waals surface area contributed by atoms with Crippen molar-refractivity contribution in [2.24, 2.45) is 5.73 Å². The van der Waals surface area contributed by atoms with Gasteiger partial charge < -0.3 is 10.5 Å². The molecule has 0 radical (unpaired) electrons. The Balaban J connectivity index is 2.36. The van der Waals surface area contributed by atoms with Gasteiger partial charge in [-0.2, -0.15) is 4.72 Å². The molecule has 0 aromatic heterocycles. The third-order valence-electron chi connectivity index (χ3n) is 4.07. The molecule has 0 spiro atoms. The Morgan fingerprint density at radius 3 is 2.35 bits per heavy atom. The van der Waals surface area contributed by atoms with Gasteiger partial charge in [0.05, 0.1) is 7.11 Å². The molecule has 7 heteroatoms.